The van der Waals surface area contributed by atoms with E-state index >= 15 is 0 Å². The molecule has 0 saturated carbocycles. The van der Waals surface area contributed by atoms with Crippen molar-refractivity contribution in [1.29, 1.82) is 0 Å². The molecule has 2 heterocycles. The quantitative estimate of drug-likeness (QED) is 0.851. The van der Waals surface area contributed by atoms with Gasteiger partial charge in [0.05, 0.1) is 0 Å². The summed E-state index contributed by atoms with van der Waals surface area (Å²) in [4.78, 5) is 8.52. The van der Waals surface area contributed by atoms with Crippen molar-refractivity contribution in [2.75, 3.05) is 31.6 Å². The Labute approximate surface area is 116 Å². The highest BCUT2D eigenvalue weighted by molar-refractivity contribution is 9.10. The van der Waals surface area contributed by atoms with Crippen LogP contribution < -0.4 is 4.90 Å². The predicted molar refractivity (Wildman–Crippen MR) is 75.4 cm³/mol. The molecule has 2 rings (SSSR count). The zero-order valence-electron chi connectivity index (χ0n) is 10.9. The summed E-state index contributed by atoms with van der Waals surface area (Å²) in [6, 6.07) is 1.98. The van der Waals surface area contributed by atoms with Crippen LogP contribution in [0.3, 0.4) is 0 Å². The van der Waals surface area contributed by atoms with Crippen LogP contribution in [0.1, 0.15) is 19.8 Å². The highest BCUT2D eigenvalue weighted by Gasteiger charge is 2.25. The Morgan fingerprint density at radius 1 is 1.61 bits per heavy atom. The van der Waals surface area contributed by atoms with E-state index in [9.17, 15) is 4.39 Å². The van der Waals surface area contributed by atoms with Gasteiger partial charge in [0.25, 0.3) is 0 Å². The number of hydrogen-bond acceptors (Lipinski definition) is 3. The van der Waals surface area contributed by atoms with Gasteiger partial charge in [0.15, 0.2) is 11.6 Å². The first-order valence-corrected chi connectivity index (χ1v) is 7.17. The molecule has 18 heavy (non-hydrogen) atoms. The van der Waals surface area contributed by atoms with E-state index in [1.54, 1.807) is 6.20 Å². The monoisotopic (exact) mass is 315 g/mol. The van der Waals surface area contributed by atoms with Gasteiger partial charge in [-0.3, -0.25) is 4.90 Å². The fourth-order valence-electron chi connectivity index (χ4n) is 2.61. The van der Waals surface area contributed by atoms with E-state index in [-0.39, 0.29) is 5.82 Å². The molecule has 0 aliphatic carbocycles. The van der Waals surface area contributed by atoms with E-state index in [1.807, 2.05) is 11.9 Å². The van der Waals surface area contributed by atoms with Crippen molar-refractivity contribution in [1.82, 2.24) is 9.88 Å². The lowest BCUT2D eigenvalue weighted by atomic mass is 10.2. The third-order valence-electron chi connectivity index (χ3n) is 3.54. The van der Waals surface area contributed by atoms with Crippen LogP contribution in [-0.4, -0.2) is 42.6 Å². The van der Waals surface area contributed by atoms with E-state index in [2.05, 4.69) is 32.7 Å². The zero-order chi connectivity index (χ0) is 13.1. The van der Waals surface area contributed by atoms with Gasteiger partial charge in [-0.05, 0) is 47.9 Å². The number of likely N-dealkylation sites (tertiary alicyclic amines) is 1. The average molecular weight is 316 g/mol. The number of pyridine rings is 1. The summed E-state index contributed by atoms with van der Waals surface area (Å²) in [5.41, 5.74) is 0. The van der Waals surface area contributed by atoms with Crippen LogP contribution in [0.2, 0.25) is 0 Å². The lowest BCUT2D eigenvalue weighted by molar-refractivity contribution is 0.270. The summed E-state index contributed by atoms with van der Waals surface area (Å²) in [5, 5.41) is 0. The maximum Gasteiger partial charge on any atom is 0.166 e. The van der Waals surface area contributed by atoms with Gasteiger partial charge in [-0.25, -0.2) is 9.37 Å². The highest BCUT2D eigenvalue weighted by Crippen LogP contribution is 2.22. The standard InChI is InChI=1S/C13H19BrFN3/c1-3-18-6-4-5-11(18)9-17(2)13-12(15)7-10(14)8-16-13/h7-8,11H,3-6,9H2,1-2H3. The lowest BCUT2D eigenvalue weighted by Gasteiger charge is -2.28. The summed E-state index contributed by atoms with van der Waals surface area (Å²) in [7, 11) is 1.91. The maximum absolute atomic E-state index is 13.8. The minimum absolute atomic E-state index is 0.270. The Morgan fingerprint density at radius 2 is 2.39 bits per heavy atom. The largest absolute Gasteiger partial charge is 0.356 e. The molecule has 1 aliphatic heterocycles. The lowest BCUT2D eigenvalue weighted by Crippen LogP contribution is -2.39. The van der Waals surface area contributed by atoms with Gasteiger partial charge in [0.1, 0.15) is 0 Å². The molecule has 1 saturated heterocycles. The number of halogens is 2. The van der Waals surface area contributed by atoms with Crippen LogP contribution in [0.25, 0.3) is 0 Å². The van der Waals surface area contributed by atoms with Crippen molar-refractivity contribution in [3.63, 3.8) is 0 Å². The Kier molecular flexibility index (Phi) is 4.56. The number of hydrogen-bond donors (Lipinski definition) is 0. The van der Waals surface area contributed by atoms with Crippen molar-refractivity contribution < 1.29 is 4.39 Å². The molecule has 1 aromatic heterocycles. The van der Waals surface area contributed by atoms with Crippen molar-refractivity contribution >= 4 is 21.7 Å². The van der Waals surface area contributed by atoms with Gasteiger partial charge in [-0.1, -0.05) is 6.92 Å². The van der Waals surface area contributed by atoms with Crippen LogP contribution in [0.15, 0.2) is 16.7 Å². The summed E-state index contributed by atoms with van der Waals surface area (Å²) in [6.07, 6.45) is 4.07. The maximum atomic E-state index is 13.8. The average Bonchev–Trinajstić information content (AvgIpc) is 2.76. The molecule has 1 aromatic rings. The molecule has 1 atom stereocenters. The minimum Gasteiger partial charge on any atom is -0.356 e. The van der Waals surface area contributed by atoms with E-state index < -0.39 is 0 Å². The van der Waals surface area contributed by atoms with Crippen LogP contribution in [0, 0.1) is 5.82 Å². The predicted octanol–water partition coefficient (Wildman–Crippen LogP) is 2.90. The second-order valence-electron chi connectivity index (χ2n) is 4.76. The van der Waals surface area contributed by atoms with E-state index in [1.165, 1.54) is 18.9 Å². The van der Waals surface area contributed by atoms with E-state index in [4.69, 9.17) is 0 Å². The molecule has 0 aromatic carbocycles. The Hall–Kier alpha value is -0.680. The third-order valence-corrected chi connectivity index (χ3v) is 3.97. The van der Waals surface area contributed by atoms with Crippen LogP contribution >= 0.6 is 15.9 Å². The molecule has 100 valence electrons. The molecular weight excluding hydrogens is 297 g/mol. The third kappa shape index (κ3) is 3.01. The first-order valence-electron chi connectivity index (χ1n) is 6.38. The van der Waals surface area contributed by atoms with Gasteiger partial charge in [-0.2, -0.15) is 0 Å². The first kappa shape index (κ1) is 13.7. The Morgan fingerprint density at radius 3 is 3.06 bits per heavy atom. The molecule has 0 bridgehead atoms. The van der Waals surface area contributed by atoms with Gasteiger partial charge in [-0.15, -0.1) is 0 Å². The molecule has 0 amide bonds. The summed E-state index contributed by atoms with van der Waals surface area (Å²) in [5.74, 6) is 0.161. The second-order valence-corrected chi connectivity index (χ2v) is 5.68. The second kappa shape index (κ2) is 5.97. The number of likely N-dealkylation sites (N-methyl/N-ethyl adjacent to an activating group) is 2. The van der Waals surface area contributed by atoms with Crippen molar-refractivity contribution in [3.8, 4) is 0 Å². The smallest absolute Gasteiger partial charge is 0.166 e. The Balaban J connectivity index is 2.05. The van der Waals surface area contributed by atoms with Crippen molar-refractivity contribution in [3.05, 3.63) is 22.6 Å². The van der Waals surface area contributed by atoms with Crippen LogP contribution in [0.5, 0.6) is 0 Å². The minimum atomic E-state index is -0.270. The van der Waals surface area contributed by atoms with Gasteiger partial charge in [0.2, 0.25) is 0 Å². The van der Waals surface area contributed by atoms with Crippen LogP contribution in [0.4, 0.5) is 10.2 Å². The summed E-state index contributed by atoms with van der Waals surface area (Å²) in [6.45, 7) is 5.23. The van der Waals surface area contributed by atoms with Crippen molar-refractivity contribution in [2.45, 2.75) is 25.8 Å². The molecule has 1 aliphatic rings. The SMILES string of the molecule is CCN1CCCC1CN(C)c1ncc(Br)cc1F. The number of nitrogens with zero attached hydrogens (tertiary/aromatic N) is 3. The molecule has 0 spiro atoms. The zero-order valence-corrected chi connectivity index (χ0v) is 12.5. The normalized spacial score (nSPS) is 20.3. The number of aromatic nitrogens is 1. The highest BCUT2D eigenvalue weighted by atomic mass is 79.9. The van der Waals surface area contributed by atoms with Crippen LogP contribution in [-0.2, 0) is 0 Å². The molecular formula is C13H19BrFN3. The molecule has 0 radical (unpaired) electrons. The number of anilines is 1. The van der Waals surface area contributed by atoms with Gasteiger partial charge >= 0.3 is 0 Å². The summed E-state index contributed by atoms with van der Waals surface area (Å²) < 4.78 is 14.5. The fraction of sp³-hybridized carbons (Fsp3) is 0.615. The fourth-order valence-corrected chi connectivity index (χ4v) is 2.91. The van der Waals surface area contributed by atoms with Gasteiger partial charge in [0, 0.05) is 30.3 Å². The number of rotatable bonds is 4. The van der Waals surface area contributed by atoms with Crippen molar-refractivity contribution in [2.24, 2.45) is 0 Å². The Bertz CT molecular complexity index is 413. The van der Waals surface area contributed by atoms with E-state index in [0.717, 1.165) is 19.6 Å². The van der Waals surface area contributed by atoms with E-state index in [0.29, 0.717) is 16.3 Å². The molecule has 0 N–H and O–H groups in total. The topological polar surface area (TPSA) is 19.4 Å². The first-order chi connectivity index (χ1) is 8.61. The van der Waals surface area contributed by atoms with Gasteiger partial charge < -0.3 is 4.90 Å². The molecule has 5 heteroatoms. The summed E-state index contributed by atoms with van der Waals surface area (Å²) >= 11 is 3.23. The molecule has 1 fully saturated rings. The molecule has 1 unspecified atom stereocenters. The molecule has 3 nitrogen and oxygen atoms in total.